The molecular formula is C18H19ClO7. The molecule has 140 valence electrons. The number of phenols is 2. The van der Waals surface area contributed by atoms with E-state index in [0.717, 1.165) is 6.07 Å². The van der Waals surface area contributed by atoms with Gasteiger partial charge in [0.05, 0.1) is 17.2 Å². The van der Waals surface area contributed by atoms with Gasteiger partial charge in [0.15, 0.2) is 0 Å². The number of cyclic esters (lactones) is 1. The first kappa shape index (κ1) is 18.7. The van der Waals surface area contributed by atoms with Gasteiger partial charge in [-0.05, 0) is 6.92 Å². The summed E-state index contributed by atoms with van der Waals surface area (Å²) in [5.74, 6) is -2.20. The molecule has 0 radical (unpaired) electrons. The van der Waals surface area contributed by atoms with E-state index < -0.39 is 23.6 Å². The van der Waals surface area contributed by atoms with Crippen molar-refractivity contribution >= 4 is 29.1 Å². The van der Waals surface area contributed by atoms with Crippen LogP contribution in [0, 0.1) is 0 Å². The maximum Gasteiger partial charge on any atom is 0.342 e. The van der Waals surface area contributed by atoms with E-state index in [4.69, 9.17) is 21.1 Å². The van der Waals surface area contributed by atoms with E-state index in [0.29, 0.717) is 6.42 Å². The first-order valence-electron chi connectivity index (χ1n) is 8.39. The second-order valence-corrected chi connectivity index (χ2v) is 7.08. The highest BCUT2D eigenvalue weighted by Crippen LogP contribution is 2.38. The summed E-state index contributed by atoms with van der Waals surface area (Å²) in [5, 5.41) is 19.7. The van der Waals surface area contributed by atoms with Crippen molar-refractivity contribution in [1.29, 1.82) is 0 Å². The molecule has 0 aromatic heterocycles. The lowest BCUT2D eigenvalue weighted by atomic mass is 9.97. The van der Waals surface area contributed by atoms with Crippen molar-refractivity contribution in [3.63, 3.8) is 0 Å². The molecular weight excluding hydrogens is 364 g/mol. The van der Waals surface area contributed by atoms with Crippen molar-refractivity contribution in [1.82, 2.24) is 0 Å². The van der Waals surface area contributed by atoms with Crippen LogP contribution in [0.15, 0.2) is 6.07 Å². The van der Waals surface area contributed by atoms with Gasteiger partial charge in [-0.2, -0.15) is 0 Å². The molecule has 0 saturated carbocycles. The number of esters is 1. The van der Waals surface area contributed by atoms with Crippen LogP contribution in [0.1, 0.15) is 48.5 Å². The predicted octanol–water partition coefficient (Wildman–Crippen LogP) is 2.32. The van der Waals surface area contributed by atoms with E-state index >= 15 is 0 Å². The number of ketones is 2. The van der Waals surface area contributed by atoms with Crippen molar-refractivity contribution in [3.05, 3.63) is 22.2 Å². The average molecular weight is 383 g/mol. The molecule has 26 heavy (non-hydrogen) atoms. The molecule has 0 amide bonds. The number of ether oxygens (including phenoxy) is 2. The second kappa shape index (κ2) is 7.25. The zero-order valence-corrected chi connectivity index (χ0v) is 14.9. The lowest BCUT2D eigenvalue weighted by Crippen LogP contribution is -2.21. The zero-order chi connectivity index (χ0) is 19.0. The fraction of sp³-hybridized carbons (Fsp3) is 0.500. The van der Waals surface area contributed by atoms with Crippen LogP contribution in [0.25, 0.3) is 0 Å². The van der Waals surface area contributed by atoms with Gasteiger partial charge in [-0.25, -0.2) is 4.79 Å². The Hall–Kier alpha value is -2.12. The summed E-state index contributed by atoms with van der Waals surface area (Å²) in [7, 11) is 0. The van der Waals surface area contributed by atoms with Gasteiger partial charge in [0.1, 0.15) is 34.7 Å². The van der Waals surface area contributed by atoms with Crippen molar-refractivity contribution in [3.8, 4) is 11.5 Å². The molecule has 2 aliphatic rings. The number of carbonyl (C=O) groups is 3. The number of aromatic hydroxyl groups is 2. The molecule has 0 aliphatic carbocycles. The Morgan fingerprint density at radius 2 is 1.77 bits per heavy atom. The Balaban J connectivity index is 1.95. The third-order valence-electron chi connectivity index (χ3n) is 4.57. The number of hydrogen-bond acceptors (Lipinski definition) is 7. The number of hydrogen-bond donors (Lipinski definition) is 2. The van der Waals surface area contributed by atoms with Crippen LogP contribution in [-0.2, 0) is 25.5 Å². The smallest absolute Gasteiger partial charge is 0.342 e. The second-order valence-electron chi connectivity index (χ2n) is 6.71. The normalized spacial score (nSPS) is 27.2. The number of halogens is 1. The number of phenolic OH excluding ortho intramolecular Hbond substituents is 2. The van der Waals surface area contributed by atoms with Crippen molar-refractivity contribution in [2.45, 2.75) is 57.3 Å². The van der Waals surface area contributed by atoms with Gasteiger partial charge >= 0.3 is 5.97 Å². The molecule has 0 spiro atoms. The third-order valence-corrected chi connectivity index (χ3v) is 4.99. The van der Waals surface area contributed by atoms with Crippen LogP contribution >= 0.6 is 11.6 Å². The molecule has 2 N–H and O–H groups in total. The Labute approximate surface area is 154 Å². The van der Waals surface area contributed by atoms with Gasteiger partial charge in [0, 0.05) is 43.7 Å². The number of fused-ring (bicyclic) bond motifs is 2. The fourth-order valence-corrected chi connectivity index (χ4v) is 3.37. The topological polar surface area (TPSA) is 113 Å². The number of carbonyl (C=O) groups excluding carboxylic acids is 3. The Morgan fingerprint density at radius 3 is 2.50 bits per heavy atom. The van der Waals surface area contributed by atoms with E-state index in [2.05, 4.69) is 0 Å². The fourth-order valence-electron chi connectivity index (χ4n) is 3.15. The Bertz CT molecular complexity index is 773. The number of benzene rings is 1. The average Bonchev–Trinajstić information content (AvgIpc) is 3.26. The lowest BCUT2D eigenvalue weighted by Gasteiger charge is -2.17. The highest BCUT2D eigenvalue weighted by molar-refractivity contribution is 6.33. The SMILES string of the molecule is C[C@@H]1C[C@@H]2O[C@H]2CC(=O)CCC(=O)Cc2c(Cl)c(O)cc(O)c2C(=O)O1. The molecule has 1 aromatic rings. The standard InChI is InChI=1S/C18H19ClO7/c1-8-4-14-15(26-14)6-10(21)3-2-9(20)5-11-16(18(24)25-8)12(22)7-13(23)17(11)19/h7-8,14-15,22-23H,2-6H2,1H3/t8-,14+,15+/m1/s1. The van der Waals surface area contributed by atoms with E-state index in [9.17, 15) is 24.6 Å². The Morgan fingerprint density at radius 1 is 1.08 bits per heavy atom. The summed E-state index contributed by atoms with van der Waals surface area (Å²) >= 11 is 6.05. The van der Waals surface area contributed by atoms with Crippen LogP contribution in [-0.4, -0.2) is 46.1 Å². The number of Topliss-reactive ketones (excluding diaryl/α,β-unsaturated/α-hetero) is 2. The highest BCUT2D eigenvalue weighted by atomic mass is 35.5. The minimum atomic E-state index is -0.829. The van der Waals surface area contributed by atoms with Crippen LogP contribution in [0.5, 0.6) is 11.5 Å². The highest BCUT2D eigenvalue weighted by Gasteiger charge is 2.41. The molecule has 8 heteroatoms. The molecule has 3 atom stereocenters. The molecule has 2 aliphatic heterocycles. The summed E-state index contributed by atoms with van der Waals surface area (Å²) in [6, 6.07) is 0.935. The van der Waals surface area contributed by atoms with Crippen molar-refractivity contribution < 1.29 is 34.1 Å². The summed E-state index contributed by atoms with van der Waals surface area (Å²) < 4.78 is 10.8. The molecule has 2 heterocycles. The predicted molar refractivity (Wildman–Crippen MR) is 90.5 cm³/mol. The maximum absolute atomic E-state index is 12.5. The lowest BCUT2D eigenvalue weighted by molar-refractivity contribution is -0.124. The first-order chi connectivity index (χ1) is 12.3. The molecule has 1 saturated heterocycles. The minimum Gasteiger partial charge on any atom is -0.507 e. The van der Waals surface area contributed by atoms with Crippen LogP contribution in [0.3, 0.4) is 0 Å². The van der Waals surface area contributed by atoms with E-state index in [1.165, 1.54) is 0 Å². The van der Waals surface area contributed by atoms with E-state index in [-0.39, 0.29) is 65.6 Å². The van der Waals surface area contributed by atoms with Crippen LogP contribution in [0.2, 0.25) is 5.02 Å². The first-order valence-corrected chi connectivity index (χ1v) is 8.77. The van der Waals surface area contributed by atoms with Crippen LogP contribution < -0.4 is 0 Å². The molecule has 1 aromatic carbocycles. The summed E-state index contributed by atoms with van der Waals surface area (Å²) in [6.07, 6.45) is -0.481. The van der Waals surface area contributed by atoms with Gasteiger partial charge in [-0.15, -0.1) is 0 Å². The number of rotatable bonds is 0. The maximum atomic E-state index is 12.5. The van der Waals surface area contributed by atoms with Gasteiger partial charge in [0.2, 0.25) is 0 Å². The van der Waals surface area contributed by atoms with Gasteiger partial charge in [-0.1, -0.05) is 11.6 Å². The molecule has 3 rings (SSSR count). The minimum absolute atomic E-state index is 0.00331. The van der Waals surface area contributed by atoms with Crippen molar-refractivity contribution in [2.24, 2.45) is 0 Å². The van der Waals surface area contributed by atoms with E-state index in [1.54, 1.807) is 6.92 Å². The van der Waals surface area contributed by atoms with Crippen LogP contribution in [0.4, 0.5) is 0 Å². The number of epoxide rings is 1. The molecule has 7 nitrogen and oxygen atoms in total. The Kier molecular flexibility index (Phi) is 5.20. The van der Waals surface area contributed by atoms with Gasteiger partial charge in [-0.3, -0.25) is 9.59 Å². The summed E-state index contributed by atoms with van der Waals surface area (Å²) in [5.41, 5.74) is -0.249. The summed E-state index contributed by atoms with van der Waals surface area (Å²) in [4.78, 5) is 36.7. The quantitative estimate of drug-likeness (QED) is 0.522. The van der Waals surface area contributed by atoms with Gasteiger partial charge < -0.3 is 19.7 Å². The monoisotopic (exact) mass is 382 g/mol. The summed E-state index contributed by atoms with van der Waals surface area (Å²) in [6.45, 7) is 1.67. The largest absolute Gasteiger partial charge is 0.507 e. The zero-order valence-electron chi connectivity index (χ0n) is 14.2. The molecule has 0 unspecified atom stereocenters. The van der Waals surface area contributed by atoms with E-state index in [1.807, 2.05) is 0 Å². The molecule has 0 bridgehead atoms. The molecule has 1 fully saturated rings. The third kappa shape index (κ3) is 3.99. The van der Waals surface area contributed by atoms with Gasteiger partial charge in [0.25, 0.3) is 0 Å². The van der Waals surface area contributed by atoms with Crippen molar-refractivity contribution in [2.75, 3.05) is 0 Å².